The molecule has 2 aromatic heterocycles. The smallest absolute Gasteiger partial charge is 0.321 e. The third-order valence-corrected chi connectivity index (χ3v) is 5.46. The number of urea groups is 1. The Balaban J connectivity index is 2.03. The molecule has 0 aliphatic carbocycles. The van der Waals surface area contributed by atoms with E-state index in [0.717, 1.165) is 11.8 Å². The van der Waals surface area contributed by atoms with Gasteiger partial charge in [-0.15, -0.1) is 11.3 Å². The van der Waals surface area contributed by atoms with E-state index in [2.05, 4.69) is 15.6 Å². The molecule has 1 atom stereocenters. The van der Waals surface area contributed by atoms with Crippen LogP contribution in [0.4, 0.5) is 4.79 Å². The lowest BCUT2D eigenvalue weighted by molar-refractivity contribution is -0.119. The summed E-state index contributed by atoms with van der Waals surface area (Å²) in [5, 5.41) is 6.69. The Bertz CT molecular complexity index is 1010. The Morgan fingerprint density at radius 3 is 2.65 bits per heavy atom. The molecular weight excluding hydrogens is 372 g/mol. The summed E-state index contributed by atoms with van der Waals surface area (Å²) in [4.78, 5) is 41.6. The molecule has 0 aliphatic rings. The number of hydrogen-bond donors (Lipinski definition) is 2. The van der Waals surface area contributed by atoms with Crippen molar-refractivity contribution in [3.8, 4) is 5.69 Å². The number of hydrogen-bond acceptors (Lipinski definition) is 6. The van der Waals surface area contributed by atoms with Crippen LogP contribution in [0.2, 0.25) is 0 Å². The van der Waals surface area contributed by atoms with Crippen LogP contribution in [0, 0.1) is 0 Å². The van der Waals surface area contributed by atoms with E-state index in [-0.39, 0.29) is 5.56 Å². The van der Waals surface area contributed by atoms with Crippen molar-refractivity contribution in [3.05, 3.63) is 52.1 Å². The average Bonchev–Trinajstić information content (AvgIpc) is 3.11. The minimum atomic E-state index is -0.619. The highest BCUT2D eigenvalue weighted by molar-refractivity contribution is 8.00. The first-order valence-electron chi connectivity index (χ1n) is 7.76. The van der Waals surface area contributed by atoms with E-state index in [1.807, 2.05) is 23.6 Å². The molecule has 0 fully saturated rings. The topological polar surface area (TPSA) is 93.1 Å². The number of rotatable bonds is 4. The van der Waals surface area contributed by atoms with Crippen molar-refractivity contribution in [1.29, 1.82) is 0 Å². The van der Waals surface area contributed by atoms with Crippen molar-refractivity contribution < 1.29 is 9.59 Å². The van der Waals surface area contributed by atoms with Crippen molar-refractivity contribution in [1.82, 2.24) is 20.2 Å². The first-order chi connectivity index (χ1) is 12.5. The summed E-state index contributed by atoms with van der Waals surface area (Å²) in [6.45, 7) is 1.66. The van der Waals surface area contributed by atoms with Gasteiger partial charge < -0.3 is 5.32 Å². The van der Waals surface area contributed by atoms with Gasteiger partial charge in [0.2, 0.25) is 5.91 Å². The number of para-hydroxylation sites is 1. The number of carbonyl (C=O) groups is 2. The molecule has 0 bridgehead atoms. The lowest BCUT2D eigenvalue weighted by Crippen LogP contribution is -2.41. The molecule has 2 heterocycles. The molecule has 2 N–H and O–H groups in total. The number of aromatic nitrogens is 2. The number of thioether (sulfide) groups is 1. The van der Waals surface area contributed by atoms with Crippen LogP contribution in [0.3, 0.4) is 0 Å². The third kappa shape index (κ3) is 3.63. The second-order valence-corrected chi connectivity index (χ2v) is 7.54. The highest BCUT2D eigenvalue weighted by atomic mass is 32.2. The van der Waals surface area contributed by atoms with Gasteiger partial charge in [0.25, 0.3) is 5.56 Å². The standard InChI is InChI=1S/C17H16N4O3S2/c1-10(13(22)19-16(24)18-2)26-17-20-14-12(8-9-25-14)15(23)21(17)11-6-4-3-5-7-11/h3-10H,1-2H3,(H2,18,19,22,24)/t10-/m0/s1. The number of imide groups is 1. The zero-order chi connectivity index (χ0) is 18.7. The fourth-order valence-electron chi connectivity index (χ4n) is 2.27. The fourth-order valence-corrected chi connectivity index (χ4v) is 4.00. The van der Waals surface area contributed by atoms with E-state index < -0.39 is 17.2 Å². The number of carbonyl (C=O) groups excluding carboxylic acids is 2. The van der Waals surface area contributed by atoms with E-state index in [1.165, 1.54) is 23.0 Å². The maximum absolute atomic E-state index is 12.9. The molecular formula is C17H16N4O3S2. The van der Waals surface area contributed by atoms with Gasteiger partial charge in [-0.1, -0.05) is 30.0 Å². The number of thiophene rings is 1. The highest BCUT2D eigenvalue weighted by Crippen LogP contribution is 2.26. The summed E-state index contributed by atoms with van der Waals surface area (Å²) in [7, 11) is 1.43. The van der Waals surface area contributed by atoms with Crippen molar-refractivity contribution >= 4 is 45.3 Å². The van der Waals surface area contributed by atoms with Crippen LogP contribution < -0.4 is 16.2 Å². The Labute approximate surface area is 157 Å². The van der Waals surface area contributed by atoms with Gasteiger partial charge in [0, 0.05) is 7.05 Å². The summed E-state index contributed by atoms with van der Waals surface area (Å²) in [6, 6.07) is 10.3. The summed E-state index contributed by atoms with van der Waals surface area (Å²) in [6.07, 6.45) is 0. The van der Waals surface area contributed by atoms with E-state index in [9.17, 15) is 14.4 Å². The molecule has 0 saturated heterocycles. The van der Waals surface area contributed by atoms with Gasteiger partial charge >= 0.3 is 6.03 Å². The highest BCUT2D eigenvalue weighted by Gasteiger charge is 2.21. The maximum atomic E-state index is 12.9. The molecule has 3 aromatic rings. The lowest BCUT2D eigenvalue weighted by atomic mass is 10.3. The minimum absolute atomic E-state index is 0.191. The molecule has 26 heavy (non-hydrogen) atoms. The Morgan fingerprint density at radius 2 is 1.96 bits per heavy atom. The van der Waals surface area contributed by atoms with Gasteiger partial charge in [0.1, 0.15) is 4.83 Å². The molecule has 3 amide bonds. The lowest BCUT2D eigenvalue weighted by Gasteiger charge is -2.15. The van der Waals surface area contributed by atoms with Crippen LogP contribution in [-0.2, 0) is 4.79 Å². The predicted octanol–water partition coefficient (Wildman–Crippen LogP) is 2.38. The molecule has 0 unspecified atom stereocenters. The van der Waals surface area contributed by atoms with E-state index in [4.69, 9.17) is 0 Å². The predicted molar refractivity (Wildman–Crippen MR) is 103 cm³/mol. The van der Waals surface area contributed by atoms with Gasteiger partial charge in [-0.25, -0.2) is 9.78 Å². The molecule has 0 saturated carbocycles. The van der Waals surface area contributed by atoms with Gasteiger partial charge in [0.05, 0.1) is 16.3 Å². The summed E-state index contributed by atoms with van der Waals surface area (Å²) < 4.78 is 1.49. The molecule has 0 spiro atoms. The van der Waals surface area contributed by atoms with Crippen LogP contribution in [-0.4, -0.2) is 33.8 Å². The van der Waals surface area contributed by atoms with Crippen LogP contribution in [0.5, 0.6) is 0 Å². The average molecular weight is 388 g/mol. The van der Waals surface area contributed by atoms with Crippen LogP contribution in [0.25, 0.3) is 15.9 Å². The molecule has 9 heteroatoms. The van der Waals surface area contributed by atoms with E-state index in [1.54, 1.807) is 25.1 Å². The summed E-state index contributed by atoms with van der Waals surface area (Å²) in [5.41, 5.74) is 0.475. The normalized spacial score (nSPS) is 11.9. The minimum Gasteiger partial charge on any atom is -0.341 e. The quantitative estimate of drug-likeness (QED) is 0.529. The van der Waals surface area contributed by atoms with Gasteiger partial charge in [-0.3, -0.25) is 19.5 Å². The monoisotopic (exact) mass is 388 g/mol. The SMILES string of the molecule is CNC(=O)NC(=O)[C@H](C)Sc1nc2sccc2c(=O)n1-c1ccccc1. The molecule has 1 aromatic carbocycles. The summed E-state index contributed by atoms with van der Waals surface area (Å²) in [5.74, 6) is -0.463. The molecule has 0 radical (unpaired) electrons. The zero-order valence-corrected chi connectivity index (χ0v) is 15.7. The van der Waals surface area contributed by atoms with Gasteiger partial charge in [-0.05, 0) is 30.5 Å². The van der Waals surface area contributed by atoms with Gasteiger partial charge in [0.15, 0.2) is 5.16 Å². The van der Waals surface area contributed by atoms with E-state index >= 15 is 0 Å². The van der Waals surface area contributed by atoms with Crippen LogP contribution in [0.15, 0.2) is 51.7 Å². The second kappa shape index (κ2) is 7.71. The number of nitrogens with zero attached hydrogens (tertiary/aromatic N) is 2. The second-order valence-electron chi connectivity index (χ2n) is 5.34. The fraction of sp³-hybridized carbons (Fsp3) is 0.176. The van der Waals surface area contributed by atoms with Crippen LogP contribution >= 0.6 is 23.1 Å². The Hall–Kier alpha value is -2.65. The van der Waals surface area contributed by atoms with Crippen molar-refractivity contribution in [2.75, 3.05) is 7.05 Å². The summed E-state index contributed by atoms with van der Waals surface area (Å²) >= 11 is 2.49. The van der Waals surface area contributed by atoms with Crippen LogP contribution in [0.1, 0.15) is 6.92 Å². The molecule has 134 valence electrons. The number of amides is 3. The first-order valence-corrected chi connectivity index (χ1v) is 9.52. The number of fused-ring (bicyclic) bond motifs is 1. The van der Waals surface area contributed by atoms with E-state index in [0.29, 0.717) is 21.1 Å². The molecule has 0 aliphatic heterocycles. The zero-order valence-electron chi connectivity index (χ0n) is 14.1. The third-order valence-electron chi connectivity index (χ3n) is 3.60. The maximum Gasteiger partial charge on any atom is 0.321 e. The molecule has 3 rings (SSSR count). The molecule has 7 nitrogen and oxygen atoms in total. The number of benzene rings is 1. The largest absolute Gasteiger partial charge is 0.341 e. The first kappa shape index (κ1) is 18.2. The van der Waals surface area contributed by atoms with Crippen molar-refractivity contribution in [2.24, 2.45) is 0 Å². The Kier molecular flexibility index (Phi) is 5.38. The van der Waals surface area contributed by atoms with Gasteiger partial charge in [-0.2, -0.15) is 0 Å². The van der Waals surface area contributed by atoms with Crippen molar-refractivity contribution in [3.63, 3.8) is 0 Å². The van der Waals surface area contributed by atoms with Crippen molar-refractivity contribution in [2.45, 2.75) is 17.3 Å². The number of nitrogens with one attached hydrogen (secondary N) is 2. The Morgan fingerprint density at radius 1 is 1.23 bits per heavy atom.